The molecular weight excluding hydrogens is 398 g/mol. The van der Waals surface area contributed by atoms with Crippen molar-refractivity contribution in [2.24, 2.45) is 23.7 Å². The minimum Gasteiger partial charge on any atom is -0.324 e. The molecule has 3 amide bonds. The van der Waals surface area contributed by atoms with Crippen LogP contribution in [0, 0.1) is 30.6 Å². The van der Waals surface area contributed by atoms with Crippen LogP contribution in [0.15, 0.2) is 30.4 Å². The fourth-order valence-electron chi connectivity index (χ4n) is 5.37. The smallest absolute Gasteiger partial charge is 0.244 e. The number of nitrogens with one attached hydrogen (secondary N) is 1. The average Bonchev–Trinajstić information content (AvgIpc) is 3.41. The molecule has 3 fully saturated rings. The normalized spacial score (nSPS) is 30.2. The molecule has 1 aromatic carbocycles. The number of benzene rings is 1. The van der Waals surface area contributed by atoms with Gasteiger partial charge in [-0.3, -0.25) is 24.2 Å². The Morgan fingerprint density at radius 1 is 1.10 bits per heavy atom. The number of anilines is 1. The summed E-state index contributed by atoms with van der Waals surface area (Å²) in [4.78, 5) is 41.9. The molecule has 2 aliphatic carbocycles. The van der Waals surface area contributed by atoms with Crippen molar-refractivity contribution in [3.05, 3.63) is 41.5 Å². The van der Waals surface area contributed by atoms with Gasteiger partial charge >= 0.3 is 0 Å². The molecular formula is C23H27N3O3S. The molecule has 1 aromatic rings. The summed E-state index contributed by atoms with van der Waals surface area (Å²) in [5, 5.41) is 2.94. The maximum absolute atomic E-state index is 12.8. The summed E-state index contributed by atoms with van der Waals surface area (Å²) in [5.41, 5.74) is 2.89. The Bertz CT molecular complexity index is 894. The third-order valence-corrected chi connectivity index (χ3v) is 7.89. The van der Waals surface area contributed by atoms with Crippen LogP contribution >= 0.6 is 11.8 Å². The summed E-state index contributed by atoms with van der Waals surface area (Å²) in [6.45, 7) is 4.79. The number of imide groups is 1. The van der Waals surface area contributed by atoms with E-state index in [4.69, 9.17) is 0 Å². The summed E-state index contributed by atoms with van der Waals surface area (Å²) in [5.74, 6) is 1.47. The second-order valence-electron chi connectivity index (χ2n) is 8.85. The zero-order chi connectivity index (χ0) is 20.8. The van der Waals surface area contributed by atoms with Crippen molar-refractivity contribution in [1.82, 2.24) is 9.80 Å². The third-order valence-electron chi connectivity index (χ3n) is 6.95. The molecule has 4 atom stereocenters. The lowest BCUT2D eigenvalue weighted by Gasteiger charge is -2.26. The summed E-state index contributed by atoms with van der Waals surface area (Å²) < 4.78 is 0. The topological polar surface area (TPSA) is 69.7 Å². The highest BCUT2D eigenvalue weighted by molar-refractivity contribution is 7.99. The minimum atomic E-state index is -0.313. The first-order valence-electron chi connectivity index (χ1n) is 10.7. The van der Waals surface area contributed by atoms with E-state index in [-0.39, 0.29) is 47.9 Å². The molecule has 2 heterocycles. The van der Waals surface area contributed by atoms with Crippen molar-refractivity contribution in [1.29, 1.82) is 0 Å². The lowest BCUT2D eigenvalue weighted by Crippen LogP contribution is -2.39. The van der Waals surface area contributed by atoms with Crippen molar-refractivity contribution >= 4 is 35.2 Å². The monoisotopic (exact) mass is 425 g/mol. The van der Waals surface area contributed by atoms with Gasteiger partial charge in [-0.2, -0.15) is 11.8 Å². The number of nitrogens with zero attached hydrogens (tertiary/aromatic N) is 2. The van der Waals surface area contributed by atoms with Gasteiger partial charge in [-0.1, -0.05) is 24.3 Å². The van der Waals surface area contributed by atoms with Gasteiger partial charge in [0.15, 0.2) is 0 Å². The molecule has 2 bridgehead atoms. The van der Waals surface area contributed by atoms with Gasteiger partial charge < -0.3 is 5.32 Å². The van der Waals surface area contributed by atoms with Gasteiger partial charge in [0, 0.05) is 36.8 Å². The van der Waals surface area contributed by atoms with Gasteiger partial charge in [0.05, 0.1) is 11.8 Å². The number of carbonyl (C=O) groups excluding carboxylic acids is 3. The summed E-state index contributed by atoms with van der Waals surface area (Å²) in [7, 11) is 0. The SMILES string of the molecule is Cc1ccc(CN2CCSCC2)cc1NC(=O)CN1C(=O)C2C3C=CC(C3)C2C1=O. The van der Waals surface area contributed by atoms with Crippen LogP contribution in [-0.2, 0) is 20.9 Å². The number of amides is 3. The standard InChI is InChI=1S/C23H27N3O3S/c1-14-2-3-15(12-25-6-8-30-9-7-25)10-18(14)24-19(27)13-26-22(28)20-16-4-5-17(11-16)21(20)23(26)29/h2-5,10,16-17,20-21H,6-9,11-13H2,1H3,(H,24,27). The van der Waals surface area contributed by atoms with E-state index in [1.165, 1.54) is 4.90 Å². The van der Waals surface area contributed by atoms with Crippen LogP contribution < -0.4 is 5.32 Å². The molecule has 4 aliphatic rings. The third kappa shape index (κ3) is 3.48. The zero-order valence-corrected chi connectivity index (χ0v) is 18.0. The maximum Gasteiger partial charge on any atom is 0.244 e. The number of aryl methyl sites for hydroxylation is 1. The van der Waals surface area contributed by atoms with Crippen LogP contribution in [-0.4, -0.2) is 58.7 Å². The van der Waals surface area contributed by atoms with E-state index in [0.29, 0.717) is 0 Å². The Labute approximate surface area is 181 Å². The number of fused-ring (bicyclic) bond motifs is 5. The molecule has 2 saturated heterocycles. The van der Waals surface area contributed by atoms with Crippen LogP contribution in [0.3, 0.4) is 0 Å². The average molecular weight is 426 g/mol. The molecule has 0 radical (unpaired) electrons. The van der Waals surface area contributed by atoms with E-state index < -0.39 is 0 Å². The Morgan fingerprint density at radius 3 is 2.43 bits per heavy atom. The number of hydrogen-bond acceptors (Lipinski definition) is 5. The zero-order valence-electron chi connectivity index (χ0n) is 17.2. The Morgan fingerprint density at radius 2 is 1.77 bits per heavy atom. The first-order valence-corrected chi connectivity index (χ1v) is 11.9. The minimum absolute atomic E-state index is 0.164. The Kier molecular flexibility index (Phi) is 5.19. The lowest BCUT2D eigenvalue weighted by molar-refractivity contribution is -0.143. The summed E-state index contributed by atoms with van der Waals surface area (Å²) >= 11 is 1.99. The highest BCUT2D eigenvalue weighted by atomic mass is 32.2. The van der Waals surface area contributed by atoms with E-state index in [1.54, 1.807) is 0 Å². The first kappa shape index (κ1) is 19.8. The highest BCUT2D eigenvalue weighted by Gasteiger charge is 2.59. The molecule has 30 heavy (non-hydrogen) atoms. The van der Waals surface area contributed by atoms with Crippen LogP contribution in [0.25, 0.3) is 0 Å². The largest absolute Gasteiger partial charge is 0.324 e. The van der Waals surface area contributed by atoms with E-state index >= 15 is 0 Å². The summed E-state index contributed by atoms with van der Waals surface area (Å²) in [6.07, 6.45) is 5.03. The molecule has 0 aromatic heterocycles. The fraction of sp³-hybridized carbons (Fsp3) is 0.522. The predicted molar refractivity (Wildman–Crippen MR) is 117 cm³/mol. The van der Waals surface area contributed by atoms with E-state index in [0.717, 1.165) is 54.4 Å². The lowest BCUT2D eigenvalue weighted by atomic mass is 9.85. The first-order chi connectivity index (χ1) is 14.5. The number of rotatable bonds is 5. The second-order valence-corrected chi connectivity index (χ2v) is 10.1. The van der Waals surface area contributed by atoms with Crippen LogP contribution in [0.4, 0.5) is 5.69 Å². The van der Waals surface area contributed by atoms with Crippen LogP contribution in [0.5, 0.6) is 0 Å². The van der Waals surface area contributed by atoms with Crippen LogP contribution in [0.2, 0.25) is 0 Å². The van der Waals surface area contributed by atoms with Crippen molar-refractivity contribution in [2.75, 3.05) is 36.5 Å². The van der Waals surface area contributed by atoms with Gasteiger partial charge in [0.2, 0.25) is 17.7 Å². The Hall–Kier alpha value is -2.12. The number of likely N-dealkylation sites (tertiary alicyclic amines) is 1. The van der Waals surface area contributed by atoms with Crippen LogP contribution in [0.1, 0.15) is 17.5 Å². The fourth-order valence-corrected chi connectivity index (χ4v) is 6.35. The number of thioether (sulfide) groups is 1. The quantitative estimate of drug-likeness (QED) is 0.579. The molecule has 0 spiro atoms. The number of carbonyl (C=O) groups is 3. The van der Waals surface area contributed by atoms with Gasteiger partial charge in [-0.15, -0.1) is 0 Å². The molecule has 6 nitrogen and oxygen atoms in total. The Balaban J connectivity index is 1.24. The van der Waals surface area contributed by atoms with E-state index in [2.05, 4.69) is 28.4 Å². The van der Waals surface area contributed by atoms with Gasteiger partial charge in [0.1, 0.15) is 6.54 Å². The molecule has 2 aliphatic heterocycles. The molecule has 5 rings (SSSR count). The highest BCUT2D eigenvalue weighted by Crippen LogP contribution is 2.52. The number of allylic oxidation sites excluding steroid dienone is 2. The van der Waals surface area contributed by atoms with Crippen molar-refractivity contribution < 1.29 is 14.4 Å². The van der Waals surface area contributed by atoms with Crippen molar-refractivity contribution in [2.45, 2.75) is 19.9 Å². The molecule has 1 saturated carbocycles. The van der Waals surface area contributed by atoms with Gasteiger partial charge in [0.25, 0.3) is 0 Å². The van der Waals surface area contributed by atoms with Gasteiger partial charge in [-0.25, -0.2) is 0 Å². The molecule has 158 valence electrons. The predicted octanol–water partition coefficient (Wildman–Crippen LogP) is 2.29. The maximum atomic E-state index is 12.8. The van der Waals surface area contributed by atoms with E-state index in [9.17, 15) is 14.4 Å². The molecule has 7 heteroatoms. The molecule has 4 unspecified atom stereocenters. The second kappa shape index (κ2) is 7.85. The van der Waals surface area contributed by atoms with Gasteiger partial charge in [-0.05, 0) is 42.4 Å². The molecule has 1 N–H and O–H groups in total. The van der Waals surface area contributed by atoms with Crippen molar-refractivity contribution in [3.8, 4) is 0 Å². The van der Waals surface area contributed by atoms with E-state index in [1.807, 2.05) is 30.8 Å². The van der Waals surface area contributed by atoms with Crippen molar-refractivity contribution in [3.63, 3.8) is 0 Å². The number of hydrogen-bond donors (Lipinski definition) is 1. The summed E-state index contributed by atoms with van der Waals surface area (Å²) in [6, 6.07) is 6.13.